The summed E-state index contributed by atoms with van der Waals surface area (Å²) in [4.78, 5) is 10.7. The highest BCUT2D eigenvalue weighted by Gasteiger charge is 1.92. The second-order valence-corrected chi connectivity index (χ2v) is 3.28. The van der Waals surface area contributed by atoms with E-state index >= 15 is 0 Å². The zero-order valence-electron chi connectivity index (χ0n) is 8.58. The van der Waals surface area contributed by atoms with Crippen LogP contribution in [0.1, 0.15) is 19.4 Å². The van der Waals surface area contributed by atoms with Crippen molar-refractivity contribution in [1.82, 2.24) is 5.32 Å². The Morgan fingerprint density at radius 1 is 1.29 bits per heavy atom. The van der Waals surface area contributed by atoms with Crippen LogP contribution in [-0.4, -0.2) is 5.78 Å². The molecule has 1 rings (SSSR count). The predicted octanol–water partition coefficient (Wildman–Crippen LogP) is 2.27. The van der Waals surface area contributed by atoms with Gasteiger partial charge in [-0.2, -0.15) is 0 Å². The van der Waals surface area contributed by atoms with Crippen molar-refractivity contribution in [3.63, 3.8) is 0 Å². The van der Waals surface area contributed by atoms with Crippen LogP contribution >= 0.6 is 0 Å². The number of ketones is 1. The van der Waals surface area contributed by atoms with Gasteiger partial charge in [0.2, 0.25) is 0 Å². The largest absolute Gasteiger partial charge is 0.384 e. The molecule has 0 amide bonds. The van der Waals surface area contributed by atoms with Crippen molar-refractivity contribution in [2.24, 2.45) is 0 Å². The zero-order chi connectivity index (χ0) is 10.4. The standard InChI is InChI=1S/C12H15NO/c1-10(8-11(2)14)13-9-12-6-4-3-5-7-12/h3-8,13H,9H2,1-2H3. The van der Waals surface area contributed by atoms with Gasteiger partial charge >= 0.3 is 0 Å². The Bertz CT molecular complexity index is 327. The van der Waals surface area contributed by atoms with E-state index in [1.807, 2.05) is 37.3 Å². The molecule has 0 aliphatic carbocycles. The fourth-order valence-electron chi connectivity index (χ4n) is 1.19. The Balaban J connectivity index is 2.45. The van der Waals surface area contributed by atoms with Crippen LogP contribution in [0.15, 0.2) is 42.1 Å². The Morgan fingerprint density at radius 2 is 1.93 bits per heavy atom. The fraction of sp³-hybridized carbons (Fsp3) is 0.250. The van der Waals surface area contributed by atoms with Crippen molar-refractivity contribution in [2.45, 2.75) is 20.4 Å². The number of rotatable bonds is 4. The van der Waals surface area contributed by atoms with Gasteiger partial charge in [0.1, 0.15) is 0 Å². The number of carbonyl (C=O) groups excluding carboxylic acids is 1. The van der Waals surface area contributed by atoms with Crippen LogP contribution in [0, 0.1) is 0 Å². The second kappa shape index (κ2) is 5.22. The third-order valence-corrected chi connectivity index (χ3v) is 1.83. The molecular weight excluding hydrogens is 174 g/mol. The lowest BCUT2D eigenvalue weighted by Gasteiger charge is -2.05. The molecule has 0 aliphatic heterocycles. The van der Waals surface area contributed by atoms with Gasteiger partial charge in [-0.1, -0.05) is 30.3 Å². The second-order valence-electron chi connectivity index (χ2n) is 3.28. The lowest BCUT2D eigenvalue weighted by Crippen LogP contribution is -2.11. The Morgan fingerprint density at radius 3 is 2.50 bits per heavy atom. The summed E-state index contributed by atoms with van der Waals surface area (Å²) >= 11 is 0. The summed E-state index contributed by atoms with van der Waals surface area (Å²) in [7, 11) is 0. The smallest absolute Gasteiger partial charge is 0.154 e. The highest BCUT2D eigenvalue weighted by molar-refractivity contribution is 5.87. The van der Waals surface area contributed by atoms with Gasteiger partial charge < -0.3 is 5.32 Å². The Labute approximate surface area is 84.6 Å². The Kier molecular flexibility index (Phi) is 3.92. The van der Waals surface area contributed by atoms with E-state index in [0.717, 1.165) is 12.2 Å². The highest BCUT2D eigenvalue weighted by atomic mass is 16.1. The van der Waals surface area contributed by atoms with Gasteiger partial charge in [0.15, 0.2) is 5.78 Å². The average Bonchev–Trinajstić information content (AvgIpc) is 2.15. The molecule has 0 saturated carbocycles. The van der Waals surface area contributed by atoms with Crippen molar-refractivity contribution in [1.29, 1.82) is 0 Å². The maximum atomic E-state index is 10.7. The van der Waals surface area contributed by atoms with E-state index in [-0.39, 0.29) is 5.78 Å². The fourth-order valence-corrected chi connectivity index (χ4v) is 1.19. The normalized spacial score (nSPS) is 11.1. The molecule has 2 nitrogen and oxygen atoms in total. The molecule has 0 saturated heterocycles. The first-order valence-corrected chi connectivity index (χ1v) is 4.65. The van der Waals surface area contributed by atoms with E-state index in [9.17, 15) is 4.79 Å². The lowest BCUT2D eigenvalue weighted by molar-refractivity contribution is -0.112. The van der Waals surface area contributed by atoms with Gasteiger partial charge in [-0.3, -0.25) is 4.79 Å². The summed E-state index contributed by atoms with van der Waals surface area (Å²) in [6.45, 7) is 4.20. The van der Waals surface area contributed by atoms with Crippen molar-refractivity contribution in [2.75, 3.05) is 0 Å². The summed E-state index contributed by atoms with van der Waals surface area (Å²) in [5.74, 6) is 0.0723. The number of nitrogens with one attached hydrogen (secondary N) is 1. The van der Waals surface area contributed by atoms with Crippen molar-refractivity contribution in [3.8, 4) is 0 Å². The minimum absolute atomic E-state index is 0.0723. The molecule has 74 valence electrons. The van der Waals surface area contributed by atoms with Crippen LogP contribution < -0.4 is 5.32 Å². The van der Waals surface area contributed by atoms with Gasteiger partial charge in [-0.05, 0) is 25.5 Å². The van der Waals surface area contributed by atoms with Gasteiger partial charge in [-0.25, -0.2) is 0 Å². The molecule has 2 heteroatoms. The van der Waals surface area contributed by atoms with Gasteiger partial charge in [0, 0.05) is 12.2 Å². The molecule has 0 spiro atoms. The number of hydrogen-bond acceptors (Lipinski definition) is 2. The number of hydrogen-bond donors (Lipinski definition) is 1. The van der Waals surface area contributed by atoms with Crippen LogP contribution in [0.2, 0.25) is 0 Å². The summed E-state index contributed by atoms with van der Waals surface area (Å²) in [5.41, 5.74) is 2.12. The maximum Gasteiger partial charge on any atom is 0.154 e. The molecule has 0 radical (unpaired) electrons. The van der Waals surface area contributed by atoms with Gasteiger partial charge in [0.25, 0.3) is 0 Å². The third-order valence-electron chi connectivity index (χ3n) is 1.83. The lowest BCUT2D eigenvalue weighted by atomic mass is 10.2. The van der Waals surface area contributed by atoms with E-state index < -0.39 is 0 Å². The summed E-state index contributed by atoms with van der Waals surface area (Å²) in [6.07, 6.45) is 1.60. The monoisotopic (exact) mass is 189 g/mol. The molecule has 0 atom stereocenters. The third kappa shape index (κ3) is 3.90. The first-order valence-electron chi connectivity index (χ1n) is 4.65. The van der Waals surface area contributed by atoms with E-state index in [0.29, 0.717) is 0 Å². The molecular formula is C12H15NO. The summed E-state index contributed by atoms with van der Waals surface area (Å²) < 4.78 is 0. The molecule has 1 aromatic carbocycles. The molecule has 0 bridgehead atoms. The van der Waals surface area contributed by atoms with Crippen LogP contribution in [0.3, 0.4) is 0 Å². The number of allylic oxidation sites excluding steroid dienone is 2. The summed E-state index contributed by atoms with van der Waals surface area (Å²) in [5, 5.41) is 3.17. The highest BCUT2D eigenvalue weighted by Crippen LogP contribution is 1.99. The summed E-state index contributed by atoms with van der Waals surface area (Å²) in [6, 6.07) is 10.1. The molecule has 0 heterocycles. The minimum atomic E-state index is 0.0723. The van der Waals surface area contributed by atoms with Gasteiger partial charge in [-0.15, -0.1) is 0 Å². The first kappa shape index (κ1) is 10.5. The number of benzene rings is 1. The molecule has 1 aromatic rings. The van der Waals surface area contributed by atoms with Crippen LogP contribution in [-0.2, 0) is 11.3 Å². The quantitative estimate of drug-likeness (QED) is 0.736. The van der Waals surface area contributed by atoms with Gasteiger partial charge in [0.05, 0.1) is 0 Å². The predicted molar refractivity (Wildman–Crippen MR) is 57.7 cm³/mol. The molecule has 0 aliphatic rings. The van der Waals surface area contributed by atoms with E-state index in [1.54, 1.807) is 13.0 Å². The molecule has 14 heavy (non-hydrogen) atoms. The van der Waals surface area contributed by atoms with Crippen molar-refractivity contribution in [3.05, 3.63) is 47.7 Å². The van der Waals surface area contributed by atoms with Crippen LogP contribution in [0.4, 0.5) is 0 Å². The minimum Gasteiger partial charge on any atom is -0.384 e. The first-order chi connectivity index (χ1) is 6.68. The topological polar surface area (TPSA) is 29.1 Å². The Hall–Kier alpha value is -1.57. The number of carbonyl (C=O) groups is 1. The average molecular weight is 189 g/mol. The maximum absolute atomic E-state index is 10.7. The van der Waals surface area contributed by atoms with E-state index in [1.165, 1.54) is 5.56 Å². The van der Waals surface area contributed by atoms with Crippen LogP contribution in [0.5, 0.6) is 0 Å². The zero-order valence-corrected chi connectivity index (χ0v) is 8.58. The molecule has 0 aromatic heterocycles. The SMILES string of the molecule is CC(=O)C=C(C)NCc1ccccc1. The van der Waals surface area contributed by atoms with E-state index in [2.05, 4.69) is 5.32 Å². The molecule has 1 N–H and O–H groups in total. The molecule has 0 unspecified atom stereocenters. The van der Waals surface area contributed by atoms with Crippen LogP contribution in [0.25, 0.3) is 0 Å². The van der Waals surface area contributed by atoms with Crippen molar-refractivity contribution < 1.29 is 4.79 Å². The van der Waals surface area contributed by atoms with E-state index in [4.69, 9.17) is 0 Å². The molecule has 0 fully saturated rings. The van der Waals surface area contributed by atoms with Crippen molar-refractivity contribution >= 4 is 5.78 Å².